The second-order valence-corrected chi connectivity index (χ2v) is 6.00. The lowest BCUT2D eigenvalue weighted by molar-refractivity contribution is -0.0585. The van der Waals surface area contributed by atoms with Gasteiger partial charge in [0.15, 0.2) is 0 Å². The summed E-state index contributed by atoms with van der Waals surface area (Å²) in [6.07, 6.45) is 0.388. The normalized spacial score (nSPS) is 13.2. The van der Waals surface area contributed by atoms with E-state index in [2.05, 4.69) is 4.98 Å². The Labute approximate surface area is 153 Å². The van der Waals surface area contributed by atoms with Crippen molar-refractivity contribution in [2.75, 3.05) is 0 Å². The van der Waals surface area contributed by atoms with Crippen LogP contribution in [0.1, 0.15) is 43.7 Å². The van der Waals surface area contributed by atoms with E-state index in [9.17, 15) is 18.8 Å². The van der Waals surface area contributed by atoms with Gasteiger partial charge >= 0.3 is 5.97 Å². The van der Waals surface area contributed by atoms with E-state index in [0.29, 0.717) is 28.1 Å². The van der Waals surface area contributed by atoms with Gasteiger partial charge < -0.3 is 4.84 Å². The number of hydrogen-bond acceptors (Lipinski definition) is 5. The molecule has 0 saturated carbocycles. The van der Waals surface area contributed by atoms with Crippen LogP contribution in [-0.4, -0.2) is 27.8 Å². The van der Waals surface area contributed by atoms with E-state index in [1.807, 2.05) is 0 Å². The molecule has 27 heavy (non-hydrogen) atoms. The van der Waals surface area contributed by atoms with E-state index < -0.39 is 23.6 Å². The predicted molar refractivity (Wildman–Crippen MR) is 93.4 cm³/mol. The summed E-state index contributed by atoms with van der Waals surface area (Å²) >= 11 is 0. The zero-order valence-electron chi connectivity index (χ0n) is 14.2. The van der Waals surface area contributed by atoms with Gasteiger partial charge in [0.2, 0.25) is 0 Å². The zero-order valence-corrected chi connectivity index (χ0v) is 14.2. The van der Waals surface area contributed by atoms with Gasteiger partial charge in [-0.3, -0.25) is 14.6 Å². The molecule has 1 aromatic heterocycles. The zero-order chi connectivity index (χ0) is 19.1. The van der Waals surface area contributed by atoms with Crippen molar-refractivity contribution >= 4 is 28.7 Å². The number of hydrogen-bond donors (Lipinski definition) is 0. The molecular weight excluding hydrogens is 351 g/mol. The first kappa shape index (κ1) is 16.8. The highest BCUT2D eigenvalue weighted by molar-refractivity contribution is 6.21. The largest absolute Gasteiger partial charge is 0.365 e. The van der Waals surface area contributed by atoms with Gasteiger partial charge in [0.25, 0.3) is 11.8 Å². The van der Waals surface area contributed by atoms with Crippen LogP contribution in [0.5, 0.6) is 0 Å². The summed E-state index contributed by atoms with van der Waals surface area (Å²) in [4.78, 5) is 46.7. The highest BCUT2D eigenvalue weighted by atomic mass is 19.1. The molecular formula is C20H13FN2O4. The van der Waals surface area contributed by atoms with Crippen LogP contribution < -0.4 is 0 Å². The maximum Gasteiger partial charge on any atom is 0.365 e. The second kappa shape index (κ2) is 6.28. The summed E-state index contributed by atoms with van der Waals surface area (Å²) in [5, 5.41) is 1.00. The van der Waals surface area contributed by atoms with Gasteiger partial charge in [0.05, 0.1) is 27.9 Å². The third-order valence-electron chi connectivity index (χ3n) is 4.34. The fourth-order valence-electron chi connectivity index (χ4n) is 3.01. The molecule has 1 aliphatic rings. The first-order valence-electron chi connectivity index (χ1n) is 8.29. The molecule has 0 saturated heterocycles. The van der Waals surface area contributed by atoms with Gasteiger partial charge in [0, 0.05) is 11.5 Å². The minimum absolute atomic E-state index is 0.119. The van der Waals surface area contributed by atoms with Crippen molar-refractivity contribution in [3.05, 3.63) is 76.7 Å². The third kappa shape index (κ3) is 2.73. The van der Waals surface area contributed by atoms with Crippen LogP contribution in [0.3, 0.4) is 0 Å². The van der Waals surface area contributed by atoms with Gasteiger partial charge in [-0.15, -0.1) is 0 Å². The molecule has 0 fully saturated rings. The van der Waals surface area contributed by atoms with E-state index in [0.717, 1.165) is 0 Å². The number of amides is 2. The maximum atomic E-state index is 13.4. The van der Waals surface area contributed by atoms with Gasteiger partial charge in [-0.2, -0.15) is 0 Å². The number of imide groups is 1. The Morgan fingerprint density at radius 1 is 1.07 bits per heavy atom. The number of carbonyl (C=O) groups is 3. The lowest BCUT2D eigenvalue weighted by atomic mass is 10.1. The Kier molecular flexibility index (Phi) is 3.92. The molecule has 2 amide bonds. The SMILES string of the molecule is CCc1nc2cc(F)ccc2cc1C(=O)ON1C(=O)c2ccccc2C1=O. The molecule has 134 valence electrons. The van der Waals surface area contributed by atoms with Crippen molar-refractivity contribution in [2.24, 2.45) is 0 Å². The number of halogens is 1. The Morgan fingerprint density at radius 2 is 1.74 bits per heavy atom. The molecule has 0 N–H and O–H groups in total. The Bertz CT molecular complexity index is 1090. The summed E-state index contributed by atoms with van der Waals surface area (Å²) in [6.45, 7) is 1.78. The first-order valence-corrected chi connectivity index (χ1v) is 8.29. The number of fused-ring (bicyclic) bond motifs is 2. The van der Waals surface area contributed by atoms with Crippen molar-refractivity contribution < 1.29 is 23.6 Å². The number of pyridine rings is 1. The fraction of sp³-hybridized carbons (Fsp3) is 0.100. The lowest BCUT2D eigenvalue weighted by Crippen LogP contribution is -2.33. The molecule has 0 unspecified atom stereocenters. The van der Waals surface area contributed by atoms with E-state index in [-0.39, 0.29) is 16.7 Å². The molecule has 0 spiro atoms. The van der Waals surface area contributed by atoms with Crippen LogP contribution in [0.25, 0.3) is 10.9 Å². The van der Waals surface area contributed by atoms with Crippen LogP contribution in [0.15, 0.2) is 48.5 Å². The summed E-state index contributed by atoms with van der Waals surface area (Å²) in [5.74, 6) is -2.70. The lowest BCUT2D eigenvalue weighted by Gasteiger charge is -2.14. The van der Waals surface area contributed by atoms with Gasteiger partial charge in [0.1, 0.15) is 5.82 Å². The number of hydroxylamine groups is 2. The second-order valence-electron chi connectivity index (χ2n) is 6.00. The van der Waals surface area contributed by atoms with Crippen molar-refractivity contribution in [1.29, 1.82) is 0 Å². The molecule has 6 nitrogen and oxygen atoms in total. The first-order chi connectivity index (χ1) is 13.0. The molecule has 7 heteroatoms. The minimum atomic E-state index is -0.875. The summed E-state index contributed by atoms with van der Waals surface area (Å²) < 4.78 is 13.4. The summed E-state index contributed by atoms with van der Waals surface area (Å²) in [6, 6.07) is 11.8. The van der Waals surface area contributed by atoms with E-state index in [1.165, 1.54) is 36.4 Å². The molecule has 0 aliphatic carbocycles. The number of nitrogens with zero attached hydrogens (tertiary/aromatic N) is 2. The van der Waals surface area contributed by atoms with Crippen molar-refractivity contribution in [3.63, 3.8) is 0 Å². The average Bonchev–Trinajstić information content (AvgIpc) is 2.92. The average molecular weight is 364 g/mol. The maximum absolute atomic E-state index is 13.4. The number of benzene rings is 2. The standard InChI is InChI=1S/C20H13FN2O4/c1-2-16-15(9-11-7-8-12(21)10-17(11)22-16)20(26)27-23-18(24)13-5-3-4-6-14(13)19(23)25/h3-10H,2H2,1H3. The molecule has 1 aliphatic heterocycles. The minimum Gasteiger partial charge on any atom is -0.324 e. The van der Waals surface area contributed by atoms with E-state index in [4.69, 9.17) is 4.84 Å². The van der Waals surface area contributed by atoms with Crippen LogP contribution in [-0.2, 0) is 11.3 Å². The molecule has 0 bridgehead atoms. The number of aromatic nitrogens is 1. The Morgan fingerprint density at radius 3 is 2.37 bits per heavy atom. The van der Waals surface area contributed by atoms with Crippen molar-refractivity contribution in [1.82, 2.24) is 10.0 Å². The monoisotopic (exact) mass is 364 g/mol. The number of rotatable bonds is 3. The molecule has 2 heterocycles. The fourth-order valence-corrected chi connectivity index (χ4v) is 3.01. The summed E-state index contributed by atoms with van der Waals surface area (Å²) in [7, 11) is 0. The molecule has 3 aromatic rings. The van der Waals surface area contributed by atoms with Crippen LogP contribution in [0.2, 0.25) is 0 Å². The Balaban J connectivity index is 1.69. The molecule has 4 rings (SSSR count). The Hall–Kier alpha value is -3.61. The van der Waals surface area contributed by atoms with Gasteiger partial charge in [-0.25, -0.2) is 9.18 Å². The van der Waals surface area contributed by atoms with Crippen LogP contribution in [0.4, 0.5) is 4.39 Å². The number of aryl methyl sites for hydroxylation is 1. The van der Waals surface area contributed by atoms with Gasteiger partial charge in [-0.05, 0) is 36.8 Å². The quantitative estimate of drug-likeness (QED) is 0.667. The molecule has 0 radical (unpaired) electrons. The molecule has 0 atom stereocenters. The smallest absolute Gasteiger partial charge is 0.324 e. The van der Waals surface area contributed by atoms with Crippen molar-refractivity contribution in [3.8, 4) is 0 Å². The summed E-state index contributed by atoms with van der Waals surface area (Å²) in [5.41, 5.74) is 1.27. The highest BCUT2D eigenvalue weighted by Gasteiger charge is 2.39. The topological polar surface area (TPSA) is 76.6 Å². The molecule has 2 aromatic carbocycles. The van der Waals surface area contributed by atoms with E-state index in [1.54, 1.807) is 19.1 Å². The van der Waals surface area contributed by atoms with Crippen LogP contribution >= 0.6 is 0 Å². The van der Waals surface area contributed by atoms with E-state index >= 15 is 0 Å². The third-order valence-corrected chi connectivity index (χ3v) is 4.34. The van der Waals surface area contributed by atoms with Gasteiger partial charge in [-0.1, -0.05) is 24.1 Å². The van der Waals surface area contributed by atoms with Crippen molar-refractivity contribution in [2.45, 2.75) is 13.3 Å². The number of carbonyl (C=O) groups excluding carboxylic acids is 3. The predicted octanol–water partition coefficient (Wildman–Crippen LogP) is 3.30. The van der Waals surface area contributed by atoms with Crippen LogP contribution in [0, 0.1) is 5.82 Å². The highest BCUT2D eigenvalue weighted by Crippen LogP contribution is 2.25.